The quantitative estimate of drug-likeness (QED) is 0.329. The molecule has 1 aromatic heterocycles. The molecule has 5 rings (SSSR count). The summed E-state index contributed by atoms with van der Waals surface area (Å²) in [5.41, 5.74) is 3.45. The summed E-state index contributed by atoms with van der Waals surface area (Å²) in [6, 6.07) is 20.4. The van der Waals surface area contributed by atoms with Gasteiger partial charge >= 0.3 is 5.69 Å². The van der Waals surface area contributed by atoms with E-state index >= 15 is 0 Å². The number of hydrogen-bond acceptors (Lipinski definition) is 3. The van der Waals surface area contributed by atoms with Crippen molar-refractivity contribution in [1.82, 2.24) is 14.5 Å². The van der Waals surface area contributed by atoms with Crippen molar-refractivity contribution >= 4 is 23.4 Å². The van der Waals surface area contributed by atoms with Gasteiger partial charge in [-0.05, 0) is 73.3 Å². The lowest BCUT2D eigenvalue weighted by Gasteiger charge is -2.34. The van der Waals surface area contributed by atoms with Crippen LogP contribution in [0.3, 0.4) is 0 Å². The van der Waals surface area contributed by atoms with Gasteiger partial charge in [-0.2, -0.15) is 0 Å². The van der Waals surface area contributed by atoms with E-state index in [2.05, 4.69) is 9.88 Å². The summed E-state index contributed by atoms with van der Waals surface area (Å²) in [5, 5.41) is 0. The van der Waals surface area contributed by atoms with Crippen LogP contribution in [0.4, 0.5) is 8.78 Å². The first-order valence-electron chi connectivity index (χ1n) is 12.1. The number of hydrogen-bond donors (Lipinski definition) is 1. The standard InChI is InChI=1S/C28H29F2N3O2.ClH/c29-22-10-6-20(7-11-22)27(21-8-12-23(30)13-9-21)35-24-14-18-32(19-15-24)16-3-17-33-26-5-2-1-4-25(26)31-28(33)34;/h1-2,4-13,24,27H,3,14-19H2,(H,31,34);1H. The minimum Gasteiger partial charge on any atom is -0.365 e. The molecule has 1 fully saturated rings. The highest BCUT2D eigenvalue weighted by molar-refractivity contribution is 5.85. The number of piperidine rings is 1. The molecular weight excluding hydrogens is 484 g/mol. The molecule has 2 heterocycles. The van der Waals surface area contributed by atoms with Crippen LogP contribution in [-0.4, -0.2) is 40.2 Å². The maximum absolute atomic E-state index is 13.5. The molecule has 5 nitrogen and oxygen atoms in total. The number of benzene rings is 3. The van der Waals surface area contributed by atoms with E-state index in [1.54, 1.807) is 28.8 Å². The largest absolute Gasteiger partial charge is 0.365 e. The van der Waals surface area contributed by atoms with Crippen molar-refractivity contribution in [1.29, 1.82) is 0 Å². The van der Waals surface area contributed by atoms with Gasteiger partial charge in [-0.3, -0.25) is 4.57 Å². The van der Waals surface area contributed by atoms with Gasteiger partial charge in [0, 0.05) is 19.6 Å². The van der Waals surface area contributed by atoms with Crippen LogP contribution < -0.4 is 5.69 Å². The summed E-state index contributed by atoms with van der Waals surface area (Å²) in [6.45, 7) is 3.41. The van der Waals surface area contributed by atoms with Crippen LogP contribution >= 0.6 is 12.4 Å². The molecule has 0 atom stereocenters. The van der Waals surface area contributed by atoms with E-state index in [4.69, 9.17) is 4.74 Å². The molecular formula is C28H30ClF2N3O2. The highest BCUT2D eigenvalue weighted by atomic mass is 35.5. The number of imidazole rings is 1. The van der Waals surface area contributed by atoms with Crippen molar-refractivity contribution in [3.05, 3.63) is 106 Å². The Morgan fingerprint density at radius 2 is 1.44 bits per heavy atom. The minimum atomic E-state index is -0.374. The van der Waals surface area contributed by atoms with E-state index in [-0.39, 0.29) is 41.9 Å². The molecule has 0 spiro atoms. The Morgan fingerprint density at radius 1 is 0.861 bits per heavy atom. The van der Waals surface area contributed by atoms with E-state index in [9.17, 15) is 13.6 Å². The van der Waals surface area contributed by atoms with Crippen LogP contribution in [0.25, 0.3) is 11.0 Å². The van der Waals surface area contributed by atoms with Crippen LogP contribution in [-0.2, 0) is 11.3 Å². The van der Waals surface area contributed by atoms with Crippen LogP contribution in [0, 0.1) is 11.6 Å². The molecule has 1 saturated heterocycles. The summed E-state index contributed by atoms with van der Waals surface area (Å²) in [5.74, 6) is -0.593. The second-order valence-corrected chi connectivity index (χ2v) is 9.11. The number of para-hydroxylation sites is 2. The molecule has 0 amide bonds. The van der Waals surface area contributed by atoms with Crippen LogP contribution in [0.2, 0.25) is 0 Å². The Balaban J connectivity index is 0.00000304. The van der Waals surface area contributed by atoms with Gasteiger partial charge < -0.3 is 14.6 Å². The zero-order valence-corrected chi connectivity index (χ0v) is 20.7. The van der Waals surface area contributed by atoms with Crippen molar-refractivity contribution in [2.24, 2.45) is 0 Å². The van der Waals surface area contributed by atoms with Gasteiger partial charge in [0.25, 0.3) is 0 Å². The monoisotopic (exact) mass is 513 g/mol. The van der Waals surface area contributed by atoms with Crippen molar-refractivity contribution in [3.8, 4) is 0 Å². The number of aromatic nitrogens is 2. The van der Waals surface area contributed by atoms with Gasteiger partial charge in [0.15, 0.2) is 0 Å². The van der Waals surface area contributed by atoms with Crippen molar-refractivity contribution in [2.75, 3.05) is 19.6 Å². The van der Waals surface area contributed by atoms with Gasteiger partial charge in [0.2, 0.25) is 0 Å². The fraction of sp³-hybridized carbons (Fsp3) is 0.321. The molecule has 0 unspecified atom stereocenters. The Labute approximate surface area is 215 Å². The first kappa shape index (κ1) is 26.1. The lowest BCUT2D eigenvalue weighted by atomic mass is 10.00. The Bertz CT molecular complexity index is 1270. The molecule has 1 aliphatic rings. The molecule has 0 radical (unpaired) electrons. The zero-order valence-electron chi connectivity index (χ0n) is 19.9. The average molecular weight is 514 g/mol. The van der Waals surface area contributed by atoms with E-state index in [0.717, 1.165) is 61.1 Å². The summed E-state index contributed by atoms with van der Waals surface area (Å²) in [6.07, 6.45) is 2.34. The number of likely N-dealkylation sites (tertiary alicyclic amines) is 1. The van der Waals surface area contributed by atoms with Gasteiger partial charge in [-0.15, -0.1) is 12.4 Å². The number of halogens is 3. The van der Waals surface area contributed by atoms with Gasteiger partial charge in [0.05, 0.1) is 17.1 Å². The van der Waals surface area contributed by atoms with Crippen LogP contribution in [0.15, 0.2) is 77.6 Å². The summed E-state index contributed by atoms with van der Waals surface area (Å²) in [7, 11) is 0. The van der Waals surface area contributed by atoms with E-state index in [1.165, 1.54) is 24.3 Å². The fourth-order valence-electron chi connectivity index (χ4n) is 4.87. The number of ether oxygens (including phenoxy) is 1. The van der Waals surface area contributed by atoms with Crippen molar-refractivity contribution in [2.45, 2.75) is 38.0 Å². The average Bonchev–Trinajstić information content (AvgIpc) is 3.20. The molecule has 1 aliphatic heterocycles. The first-order chi connectivity index (χ1) is 17.1. The van der Waals surface area contributed by atoms with Gasteiger partial charge in [-0.1, -0.05) is 36.4 Å². The molecule has 3 aromatic carbocycles. The summed E-state index contributed by atoms with van der Waals surface area (Å²) in [4.78, 5) is 17.6. The van der Waals surface area contributed by atoms with Crippen molar-refractivity contribution in [3.63, 3.8) is 0 Å². The number of fused-ring (bicyclic) bond motifs is 1. The number of rotatable bonds is 8. The topological polar surface area (TPSA) is 50.3 Å². The third-order valence-electron chi connectivity index (χ3n) is 6.75. The van der Waals surface area contributed by atoms with Gasteiger partial charge in [-0.25, -0.2) is 13.6 Å². The number of H-pyrrole nitrogens is 1. The molecule has 0 aliphatic carbocycles. The molecule has 1 N–H and O–H groups in total. The third-order valence-corrected chi connectivity index (χ3v) is 6.75. The molecule has 190 valence electrons. The minimum absolute atomic E-state index is 0. The highest BCUT2D eigenvalue weighted by Gasteiger charge is 2.25. The maximum Gasteiger partial charge on any atom is 0.326 e. The summed E-state index contributed by atoms with van der Waals surface area (Å²) < 4.78 is 35.3. The lowest BCUT2D eigenvalue weighted by Crippen LogP contribution is -2.38. The Morgan fingerprint density at radius 3 is 2.06 bits per heavy atom. The molecule has 0 bridgehead atoms. The summed E-state index contributed by atoms with van der Waals surface area (Å²) >= 11 is 0. The normalized spacial score (nSPS) is 14.9. The SMILES string of the molecule is Cl.O=c1[nH]c2ccccc2n1CCCN1CCC(OC(c2ccc(F)cc2)c2ccc(F)cc2)CC1. The zero-order chi connectivity index (χ0) is 24.2. The van der Waals surface area contributed by atoms with Crippen LogP contribution in [0.5, 0.6) is 0 Å². The second kappa shape index (κ2) is 11.8. The van der Waals surface area contributed by atoms with Crippen LogP contribution in [0.1, 0.15) is 36.5 Å². The molecule has 36 heavy (non-hydrogen) atoms. The smallest absolute Gasteiger partial charge is 0.326 e. The fourth-order valence-corrected chi connectivity index (χ4v) is 4.87. The number of nitrogens with zero attached hydrogens (tertiary/aromatic N) is 2. The molecule has 8 heteroatoms. The lowest BCUT2D eigenvalue weighted by molar-refractivity contribution is -0.0271. The Hall–Kier alpha value is -3.00. The predicted molar refractivity (Wildman–Crippen MR) is 140 cm³/mol. The Kier molecular flexibility index (Phi) is 8.56. The van der Waals surface area contributed by atoms with Gasteiger partial charge in [0.1, 0.15) is 17.7 Å². The maximum atomic E-state index is 13.5. The second-order valence-electron chi connectivity index (χ2n) is 9.11. The van der Waals surface area contributed by atoms with E-state index in [1.807, 2.05) is 24.3 Å². The van der Waals surface area contributed by atoms with Crippen molar-refractivity contribution < 1.29 is 13.5 Å². The third kappa shape index (κ3) is 6.03. The molecule has 4 aromatic rings. The number of nitrogens with one attached hydrogen (secondary N) is 1. The van der Waals surface area contributed by atoms with E-state index < -0.39 is 0 Å². The number of aromatic amines is 1. The first-order valence-corrected chi connectivity index (χ1v) is 12.1. The number of aryl methyl sites for hydroxylation is 1. The predicted octanol–water partition coefficient (Wildman–Crippen LogP) is 5.69. The highest BCUT2D eigenvalue weighted by Crippen LogP contribution is 2.30. The molecule has 0 saturated carbocycles. The van der Waals surface area contributed by atoms with E-state index in [0.29, 0.717) is 6.54 Å².